The SMILES string of the molecule is CN=C(NCC1CCCN(Cc2cccs2)C1)NCC(c1cccs1)N1CCCC1.I. The number of aliphatic imine (C=N–C) groups is 1. The van der Waals surface area contributed by atoms with E-state index in [1.807, 2.05) is 29.7 Å². The third kappa shape index (κ3) is 7.42. The van der Waals surface area contributed by atoms with Crippen molar-refractivity contribution in [1.29, 1.82) is 0 Å². The normalized spacial score (nSPS) is 21.6. The molecule has 4 rings (SSSR count). The summed E-state index contributed by atoms with van der Waals surface area (Å²) in [5, 5.41) is 11.6. The molecule has 2 N–H and O–H groups in total. The highest BCUT2D eigenvalue weighted by Gasteiger charge is 2.25. The van der Waals surface area contributed by atoms with E-state index in [2.05, 4.69) is 60.5 Å². The van der Waals surface area contributed by atoms with Crippen LogP contribution in [0.4, 0.5) is 0 Å². The van der Waals surface area contributed by atoms with Crippen LogP contribution in [0, 0.1) is 5.92 Å². The van der Waals surface area contributed by atoms with Crippen molar-refractivity contribution in [2.75, 3.05) is 46.3 Å². The number of guanidine groups is 1. The van der Waals surface area contributed by atoms with Gasteiger partial charge in [-0.3, -0.25) is 14.8 Å². The largest absolute Gasteiger partial charge is 0.356 e. The van der Waals surface area contributed by atoms with Gasteiger partial charge in [0.2, 0.25) is 0 Å². The van der Waals surface area contributed by atoms with Gasteiger partial charge >= 0.3 is 0 Å². The number of thiophene rings is 2. The molecule has 0 saturated carbocycles. The van der Waals surface area contributed by atoms with Gasteiger partial charge < -0.3 is 10.6 Å². The molecular weight excluding hydrogens is 537 g/mol. The van der Waals surface area contributed by atoms with E-state index in [0.29, 0.717) is 12.0 Å². The summed E-state index contributed by atoms with van der Waals surface area (Å²) in [6.07, 6.45) is 5.23. The molecule has 0 radical (unpaired) electrons. The molecule has 2 saturated heterocycles. The molecule has 0 bridgehead atoms. The second-order valence-corrected chi connectivity index (χ2v) is 10.4. The van der Waals surface area contributed by atoms with Crippen molar-refractivity contribution in [2.45, 2.75) is 38.3 Å². The third-order valence-electron chi connectivity index (χ3n) is 6.26. The maximum atomic E-state index is 4.50. The lowest BCUT2D eigenvalue weighted by atomic mass is 9.98. The van der Waals surface area contributed by atoms with Crippen LogP contribution in [0.25, 0.3) is 0 Å². The Balaban J connectivity index is 0.00000272. The van der Waals surface area contributed by atoms with Crippen molar-refractivity contribution in [1.82, 2.24) is 20.4 Å². The summed E-state index contributed by atoms with van der Waals surface area (Å²) < 4.78 is 0. The minimum absolute atomic E-state index is 0. The predicted octanol–water partition coefficient (Wildman–Crippen LogP) is 4.64. The fraction of sp³-hybridized carbons (Fsp3) is 0.609. The number of hydrogen-bond acceptors (Lipinski definition) is 5. The molecule has 2 atom stereocenters. The summed E-state index contributed by atoms with van der Waals surface area (Å²) in [5.74, 6) is 1.62. The van der Waals surface area contributed by atoms with E-state index in [0.717, 1.165) is 25.6 Å². The molecule has 172 valence electrons. The first-order chi connectivity index (χ1) is 14.8. The van der Waals surface area contributed by atoms with E-state index in [1.54, 1.807) is 0 Å². The number of hydrogen-bond donors (Lipinski definition) is 2. The number of nitrogens with one attached hydrogen (secondary N) is 2. The lowest BCUT2D eigenvalue weighted by Gasteiger charge is -2.33. The van der Waals surface area contributed by atoms with Crippen LogP contribution in [0.2, 0.25) is 0 Å². The van der Waals surface area contributed by atoms with Crippen molar-refractivity contribution >= 4 is 52.6 Å². The number of nitrogens with zero attached hydrogens (tertiary/aromatic N) is 3. The molecule has 8 heteroatoms. The van der Waals surface area contributed by atoms with E-state index >= 15 is 0 Å². The standard InChI is InChI=1S/C23H35N5S2.HI/c1-24-23(26-16-21(22-9-6-14-30-22)28-11-2-3-12-28)25-15-19-7-4-10-27(17-19)18-20-8-5-13-29-20;/h5-6,8-9,13-14,19,21H,2-4,7,10-12,15-18H2,1H3,(H2,24,25,26);1H. The van der Waals surface area contributed by atoms with E-state index in [1.165, 1.54) is 61.6 Å². The molecular formula is C23H36IN5S2. The summed E-state index contributed by atoms with van der Waals surface area (Å²) in [6, 6.07) is 9.30. The van der Waals surface area contributed by atoms with E-state index in [-0.39, 0.29) is 24.0 Å². The third-order valence-corrected chi connectivity index (χ3v) is 8.10. The van der Waals surface area contributed by atoms with Crippen LogP contribution in [0.3, 0.4) is 0 Å². The predicted molar refractivity (Wildman–Crippen MR) is 145 cm³/mol. The average Bonchev–Trinajstić information content (AvgIpc) is 3.55. The zero-order chi connectivity index (χ0) is 20.6. The van der Waals surface area contributed by atoms with Gasteiger partial charge in [-0.2, -0.15) is 0 Å². The number of likely N-dealkylation sites (tertiary alicyclic amines) is 2. The molecule has 2 aliphatic heterocycles. The average molecular weight is 574 g/mol. The first-order valence-corrected chi connectivity index (χ1v) is 13.0. The van der Waals surface area contributed by atoms with Crippen molar-refractivity contribution in [3.8, 4) is 0 Å². The molecule has 2 aromatic heterocycles. The fourth-order valence-corrected chi connectivity index (χ4v) is 6.29. The molecule has 0 spiro atoms. The molecule has 4 heterocycles. The van der Waals surface area contributed by atoms with Gasteiger partial charge in [0.25, 0.3) is 0 Å². The lowest BCUT2D eigenvalue weighted by molar-refractivity contribution is 0.169. The number of rotatable bonds is 8. The first-order valence-electron chi connectivity index (χ1n) is 11.3. The maximum absolute atomic E-state index is 4.50. The van der Waals surface area contributed by atoms with Gasteiger partial charge in [-0.05, 0) is 74.1 Å². The van der Waals surface area contributed by atoms with E-state index in [9.17, 15) is 0 Å². The van der Waals surface area contributed by atoms with Gasteiger partial charge in [0.15, 0.2) is 5.96 Å². The first kappa shape index (κ1) is 25.0. The number of piperidine rings is 1. The van der Waals surface area contributed by atoms with Crippen LogP contribution in [-0.2, 0) is 6.54 Å². The van der Waals surface area contributed by atoms with Gasteiger partial charge in [-0.1, -0.05) is 12.1 Å². The molecule has 2 aromatic rings. The highest BCUT2D eigenvalue weighted by molar-refractivity contribution is 14.0. The van der Waals surface area contributed by atoms with Crippen molar-refractivity contribution in [3.63, 3.8) is 0 Å². The zero-order valence-corrected chi connectivity index (χ0v) is 22.4. The second kappa shape index (κ2) is 13.1. The van der Waals surface area contributed by atoms with Crippen molar-refractivity contribution in [2.24, 2.45) is 10.9 Å². The smallest absolute Gasteiger partial charge is 0.191 e. The van der Waals surface area contributed by atoms with Gasteiger partial charge in [0.1, 0.15) is 0 Å². The maximum Gasteiger partial charge on any atom is 0.191 e. The molecule has 2 aliphatic rings. The van der Waals surface area contributed by atoms with Crippen LogP contribution < -0.4 is 10.6 Å². The lowest BCUT2D eigenvalue weighted by Crippen LogP contribution is -2.46. The van der Waals surface area contributed by atoms with Crippen LogP contribution in [0.1, 0.15) is 41.5 Å². The Bertz CT molecular complexity index is 759. The van der Waals surface area contributed by atoms with Crippen LogP contribution in [0.5, 0.6) is 0 Å². The summed E-state index contributed by atoms with van der Waals surface area (Å²) in [5.41, 5.74) is 0. The molecule has 0 aromatic carbocycles. The van der Waals surface area contributed by atoms with Crippen molar-refractivity contribution < 1.29 is 0 Å². The van der Waals surface area contributed by atoms with Crippen molar-refractivity contribution in [3.05, 3.63) is 44.8 Å². The second-order valence-electron chi connectivity index (χ2n) is 8.43. The summed E-state index contributed by atoms with van der Waals surface area (Å²) in [4.78, 5) is 12.7. The summed E-state index contributed by atoms with van der Waals surface area (Å²) >= 11 is 3.74. The Morgan fingerprint density at radius 1 is 1.10 bits per heavy atom. The monoisotopic (exact) mass is 573 g/mol. The molecule has 0 aliphatic carbocycles. The Kier molecular flexibility index (Phi) is 10.6. The van der Waals surface area contributed by atoms with Gasteiger partial charge in [-0.25, -0.2) is 0 Å². The molecule has 2 fully saturated rings. The minimum atomic E-state index is 0. The zero-order valence-electron chi connectivity index (χ0n) is 18.5. The fourth-order valence-electron chi connectivity index (χ4n) is 4.68. The summed E-state index contributed by atoms with van der Waals surface area (Å²) in [7, 11) is 1.88. The topological polar surface area (TPSA) is 42.9 Å². The minimum Gasteiger partial charge on any atom is -0.356 e. The quantitative estimate of drug-likeness (QED) is 0.275. The van der Waals surface area contributed by atoms with Gasteiger partial charge in [-0.15, -0.1) is 46.7 Å². The van der Waals surface area contributed by atoms with Gasteiger partial charge in [0.05, 0.1) is 6.04 Å². The van der Waals surface area contributed by atoms with Gasteiger partial charge in [0, 0.05) is 43.0 Å². The molecule has 0 amide bonds. The molecule has 2 unspecified atom stereocenters. The van der Waals surface area contributed by atoms with Crippen LogP contribution >= 0.6 is 46.7 Å². The van der Waals surface area contributed by atoms with E-state index < -0.39 is 0 Å². The summed E-state index contributed by atoms with van der Waals surface area (Å²) in [6.45, 7) is 7.81. The van der Waals surface area contributed by atoms with Crippen LogP contribution in [0.15, 0.2) is 40.0 Å². The Morgan fingerprint density at radius 3 is 2.61 bits per heavy atom. The van der Waals surface area contributed by atoms with Crippen LogP contribution in [-0.4, -0.2) is 62.1 Å². The van der Waals surface area contributed by atoms with E-state index in [4.69, 9.17) is 0 Å². The highest BCUT2D eigenvalue weighted by Crippen LogP contribution is 2.27. The highest BCUT2D eigenvalue weighted by atomic mass is 127. The molecule has 31 heavy (non-hydrogen) atoms. The molecule has 5 nitrogen and oxygen atoms in total. The Hall–Kier alpha value is -0.680. The number of halogens is 1. The Morgan fingerprint density at radius 2 is 1.90 bits per heavy atom. The Labute approximate surface area is 212 Å².